The van der Waals surface area contributed by atoms with Crippen LogP contribution in [0.1, 0.15) is 36.8 Å². The van der Waals surface area contributed by atoms with Crippen molar-refractivity contribution >= 4 is 11.6 Å². The number of methoxy groups -OCH3 is 4. The molecule has 1 aliphatic heterocycles. The highest BCUT2D eigenvalue weighted by Crippen LogP contribution is 2.39. The number of unbranched alkanes of at least 4 members (excludes halogenated alkanes) is 1. The van der Waals surface area contributed by atoms with Crippen molar-refractivity contribution in [3.63, 3.8) is 0 Å². The molecule has 1 N–H and O–H groups in total. The van der Waals surface area contributed by atoms with Crippen LogP contribution in [0, 0.1) is 0 Å². The van der Waals surface area contributed by atoms with Crippen LogP contribution >= 0.6 is 0 Å². The van der Waals surface area contributed by atoms with E-state index in [0.29, 0.717) is 36.0 Å². The van der Waals surface area contributed by atoms with Gasteiger partial charge >= 0.3 is 0 Å². The molecule has 3 rings (SSSR count). The minimum Gasteiger partial charge on any atom is -0.493 e. The summed E-state index contributed by atoms with van der Waals surface area (Å²) in [7, 11) is 6.44. The molecule has 0 fully saturated rings. The van der Waals surface area contributed by atoms with Crippen LogP contribution in [-0.2, 0) is 11.2 Å². The molecule has 2 atom stereocenters. The molecule has 1 aliphatic rings. The number of carbonyl (C=O) groups excluding carboxylic acids is 1. The van der Waals surface area contributed by atoms with Gasteiger partial charge in [0.2, 0.25) is 5.91 Å². The summed E-state index contributed by atoms with van der Waals surface area (Å²) in [6, 6.07) is 11.1. The summed E-state index contributed by atoms with van der Waals surface area (Å²) in [5.41, 5.74) is 2.96. The fourth-order valence-electron chi connectivity index (χ4n) is 3.91. The maximum atomic E-state index is 12.8. The highest BCUT2D eigenvalue weighted by atomic mass is 16.5. The second-order valence-electron chi connectivity index (χ2n) is 7.67. The number of hydrogen-bond donors (Lipinski definition) is 1. The molecular weight excluding hydrogens is 408 g/mol. The Kier molecular flexibility index (Phi) is 7.98. The van der Waals surface area contributed by atoms with E-state index in [0.717, 1.165) is 29.7 Å². The molecule has 2 aromatic rings. The Bertz CT molecular complexity index is 973. The standard InChI is InChI=1S/C25H32N2O5/c1-6-7-12-26-25(28)24-23(17-9-11-20(30-3)22(15-17)32-5)18(27-24)13-16-8-10-19(29-2)21(14-16)31-4/h8-11,14-15,23-24H,6-7,12-13H2,1-5H3,(H,26,28)/t23-,24+/m1/s1. The van der Waals surface area contributed by atoms with Crippen molar-refractivity contribution in [2.45, 2.75) is 38.1 Å². The van der Waals surface area contributed by atoms with Crippen LogP contribution in [0.5, 0.6) is 23.0 Å². The zero-order chi connectivity index (χ0) is 23.1. The van der Waals surface area contributed by atoms with Crippen molar-refractivity contribution in [2.24, 2.45) is 4.99 Å². The lowest BCUT2D eigenvalue weighted by Crippen LogP contribution is -2.47. The third-order valence-corrected chi connectivity index (χ3v) is 5.68. The Morgan fingerprint density at radius 3 is 2.16 bits per heavy atom. The van der Waals surface area contributed by atoms with E-state index in [-0.39, 0.29) is 11.8 Å². The third-order valence-electron chi connectivity index (χ3n) is 5.68. The predicted octanol–water partition coefficient (Wildman–Crippen LogP) is 3.79. The summed E-state index contributed by atoms with van der Waals surface area (Å²) < 4.78 is 21.6. The third kappa shape index (κ3) is 4.98. The molecule has 172 valence electrons. The lowest BCUT2D eigenvalue weighted by atomic mass is 9.79. The predicted molar refractivity (Wildman–Crippen MR) is 125 cm³/mol. The molecule has 1 amide bonds. The molecule has 0 aliphatic carbocycles. The van der Waals surface area contributed by atoms with Crippen LogP contribution in [0.15, 0.2) is 41.4 Å². The van der Waals surface area contributed by atoms with Gasteiger partial charge in [-0.25, -0.2) is 0 Å². The van der Waals surface area contributed by atoms with Gasteiger partial charge in [0.15, 0.2) is 23.0 Å². The summed E-state index contributed by atoms with van der Waals surface area (Å²) in [5, 5.41) is 3.02. The van der Waals surface area contributed by atoms with Crippen LogP contribution in [0.25, 0.3) is 0 Å². The van der Waals surface area contributed by atoms with E-state index >= 15 is 0 Å². The number of aliphatic imine (C=N–C) groups is 1. The second kappa shape index (κ2) is 10.9. The Balaban J connectivity index is 1.89. The van der Waals surface area contributed by atoms with E-state index in [2.05, 4.69) is 12.2 Å². The molecule has 0 saturated heterocycles. The molecule has 7 nitrogen and oxygen atoms in total. The highest BCUT2D eigenvalue weighted by Gasteiger charge is 2.40. The zero-order valence-electron chi connectivity index (χ0n) is 19.4. The van der Waals surface area contributed by atoms with E-state index in [1.54, 1.807) is 28.4 Å². The first-order valence-corrected chi connectivity index (χ1v) is 10.8. The fraction of sp³-hybridized carbons (Fsp3) is 0.440. The molecule has 1 heterocycles. The minimum atomic E-state index is -0.458. The number of ether oxygens (including phenoxy) is 4. The van der Waals surface area contributed by atoms with Crippen molar-refractivity contribution < 1.29 is 23.7 Å². The van der Waals surface area contributed by atoms with Gasteiger partial charge in [-0.3, -0.25) is 9.79 Å². The molecule has 7 heteroatoms. The van der Waals surface area contributed by atoms with Gasteiger partial charge < -0.3 is 24.3 Å². The van der Waals surface area contributed by atoms with Gasteiger partial charge in [-0.15, -0.1) is 0 Å². The molecule has 0 bridgehead atoms. The minimum absolute atomic E-state index is 0.0469. The SMILES string of the molecule is CCCCNC(=O)[C@H]1N=C(Cc2ccc(OC)c(OC)c2)[C@H]1c1ccc(OC)c(OC)c1. The molecule has 0 aromatic heterocycles. The summed E-state index contributed by atoms with van der Waals surface area (Å²) in [4.78, 5) is 17.5. The first kappa shape index (κ1) is 23.4. The Hall–Kier alpha value is -3.22. The van der Waals surface area contributed by atoms with Crippen LogP contribution in [-0.4, -0.2) is 52.6 Å². The topological polar surface area (TPSA) is 78.4 Å². The van der Waals surface area contributed by atoms with E-state index in [1.165, 1.54) is 0 Å². The number of amides is 1. The first-order valence-electron chi connectivity index (χ1n) is 10.8. The van der Waals surface area contributed by atoms with Gasteiger partial charge in [0.25, 0.3) is 0 Å². The highest BCUT2D eigenvalue weighted by molar-refractivity contribution is 6.05. The molecule has 2 aromatic carbocycles. The molecule has 32 heavy (non-hydrogen) atoms. The number of benzene rings is 2. The van der Waals surface area contributed by atoms with Gasteiger partial charge in [0.05, 0.1) is 34.4 Å². The largest absolute Gasteiger partial charge is 0.493 e. The van der Waals surface area contributed by atoms with Crippen molar-refractivity contribution in [1.29, 1.82) is 0 Å². The van der Waals surface area contributed by atoms with Crippen LogP contribution in [0.3, 0.4) is 0 Å². The van der Waals surface area contributed by atoms with Gasteiger partial charge in [0.1, 0.15) is 6.04 Å². The van der Waals surface area contributed by atoms with E-state index in [4.69, 9.17) is 23.9 Å². The van der Waals surface area contributed by atoms with E-state index in [1.807, 2.05) is 36.4 Å². The Labute approximate surface area is 189 Å². The summed E-state index contributed by atoms with van der Waals surface area (Å²) in [5.74, 6) is 2.45. The first-order chi connectivity index (χ1) is 15.6. The summed E-state index contributed by atoms with van der Waals surface area (Å²) >= 11 is 0. The van der Waals surface area contributed by atoms with Crippen LogP contribution < -0.4 is 24.3 Å². The number of carbonyl (C=O) groups is 1. The summed E-state index contributed by atoms with van der Waals surface area (Å²) in [6.07, 6.45) is 2.58. The maximum Gasteiger partial charge on any atom is 0.245 e. The average Bonchev–Trinajstić information content (AvgIpc) is 2.81. The van der Waals surface area contributed by atoms with E-state index < -0.39 is 6.04 Å². The Morgan fingerprint density at radius 2 is 1.53 bits per heavy atom. The molecular formula is C25H32N2O5. The number of nitrogens with zero attached hydrogens (tertiary/aromatic N) is 1. The monoisotopic (exact) mass is 440 g/mol. The van der Waals surface area contributed by atoms with Crippen LogP contribution in [0.2, 0.25) is 0 Å². The number of hydrogen-bond acceptors (Lipinski definition) is 6. The van der Waals surface area contributed by atoms with Gasteiger partial charge in [0, 0.05) is 18.7 Å². The van der Waals surface area contributed by atoms with E-state index in [9.17, 15) is 4.79 Å². The zero-order valence-corrected chi connectivity index (χ0v) is 19.4. The van der Waals surface area contributed by atoms with Crippen molar-refractivity contribution in [1.82, 2.24) is 5.32 Å². The molecule has 0 radical (unpaired) electrons. The van der Waals surface area contributed by atoms with Gasteiger partial charge in [-0.1, -0.05) is 25.5 Å². The number of nitrogens with one attached hydrogen (secondary N) is 1. The maximum absolute atomic E-state index is 12.8. The van der Waals surface area contributed by atoms with Crippen LogP contribution in [0.4, 0.5) is 0 Å². The van der Waals surface area contributed by atoms with Crippen molar-refractivity contribution in [2.75, 3.05) is 35.0 Å². The smallest absolute Gasteiger partial charge is 0.245 e. The van der Waals surface area contributed by atoms with Crippen molar-refractivity contribution in [3.05, 3.63) is 47.5 Å². The second-order valence-corrected chi connectivity index (χ2v) is 7.67. The van der Waals surface area contributed by atoms with Gasteiger partial charge in [-0.2, -0.15) is 0 Å². The fourth-order valence-corrected chi connectivity index (χ4v) is 3.91. The number of rotatable bonds is 11. The average molecular weight is 441 g/mol. The molecule has 0 spiro atoms. The quantitative estimate of drug-likeness (QED) is 0.538. The van der Waals surface area contributed by atoms with Crippen molar-refractivity contribution in [3.8, 4) is 23.0 Å². The normalized spacial score (nSPS) is 17.1. The van der Waals surface area contributed by atoms with Gasteiger partial charge in [-0.05, 0) is 41.8 Å². The molecule has 0 unspecified atom stereocenters. The lowest BCUT2D eigenvalue weighted by molar-refractivity contribution is -0.122. The summed E-state index contributed by atoms with van der Waals surface area (Å²) in [6.45, 7) is 2.76. The lowest BCUT2D eigenvalue weighted by Gasteiger charge is -2.35. The Morgan fingerprint density at radius 1 is 0.906 bits per heavy atom. The molecule has 0 saturated carbocycles.